The van der Waals surface area contributed by atoms with Crippen LogP contribution in [0.15, 0.2) is 89.8 Å². The van der Waals surface area contributed by atoms with Crippen molar-refractivity contribution < 1.29 is 18.0 Å². The molecule has 0 aliphatic heterocycles. The molecule has 1 heterocycles. The van der Waals surface area contributed by atoms with Gasteiger partial charge >= 0.3 is 6.03 Å². The molecule has 39 heavy (non-hydrogen) atoms. The van der Waals surface area contributed by atoms with Gasteiger partial charge < -0.3 is 10.2 Å². The molecular weight excluding hydrogens is 512 g/mol. The number of pyridine rings is 1. The molecule has 202 valence electrons. The van der Waals surface area contributed by atoms with Crippen LogP contribution in [0.25, 0.3) is 10.9 Å². The van der Waals surface area contributed by atoms with Gasteiger partial charge in [0.25, 0.3) is 10.0 Å². The third kappa shape index (κ3) is 6.80. The van der Waals surface area contributed by atoms with Gasteiger partial charge in [0, 0.05) is 23.3 Å². The Bertz CT molecular complexity index is 1590. The van der Waals surface area contributed by atoms with Crippen LogP contribution in [0.5, 0.6) is 0 Å². The van der Waals surface area contributed by atoms with E-state index in [1.807, 2.05) is 74.5 Å². The van der Waals surface area contributed by atoms with Gasteiger partial charge in [-0.2, -0.15) is 0 Å². The van der Waals surface area contributed by atoms with Crippen LogP contribution in [0.4, 0.5) is 10.5 Å². The number of carbonyl (C=O) groups excluding carboxylic acids is 2. The van der Waals surface area contributed by atoms with E-state index in [2.05, 4.69) is 15.0 Å². The van der Waals surface area contributed by atoms with Crippen LogP contribution in [0.2, 0.25) is 0 Å². The number of benzene rings is 3. The maximum Gasteiger partial charge on any atom is 0.329 e. The Kier molecular flexibility index (Phi) is 8.61. The van der Waals surface area contributed by atoms with Gasteiger partial charge in [-0.15, -0.1) is 0 Å². The molecule has 0 aliphatic rings. The zero-order valence-corrected chi connectivity index (χ0v) is 23.0. The monoisotopic (exact) mass is 544 g/mol. The number of anilines is 1. The smallest absolute Gasteiger partial charge is 0.325 e. The van der Waals surface area contributed by atoms with Gasteiger partial charge in [0.05, 0.1) is 10.4 Å². The molecule has 0 unspecified atom stereocenters. The van der Waals surface area contributed by atoms with E-state index in [1.54, 1.807) is 30.0 Å². The topological polar surface area (TPSA) is 108 Å². The number of aryl methyl sites for hydroxylation is 3. The molecule has 0 fully saturated rings. The number of sulfonamides is 1. The summed E-state index contributed by atoms with van der Waals surface area (Å²) in [6.45, 7) is 5.78. The van der Waals surface area contributed by atoms with E-state index in [0.717, 1.165) is 22.2 Å². The van der Waals surface area contributed by atoms with Crippen molar-refractivity contribution in [3.05, 3.63) is 102 Å². The minimum Gasteiger partial charge on any atom is -0.325 e. The number of aromatic nitrogens is 1. The number of rotatable bonds is 9. The predicted octanol–water partition coefficient (Wildman–Crippen LogP) is 4.89. The highest BCUT2D eigenvalue weighted by Gasteiger charge is 2.28. The Balaban J connectivity index is 1.58. The first kappa shape index (κ1) is 27.8. The molecule has 0 bridgehead atoms. The lowest BCUT2D eigenvalue weighted by atomic mass is 10.0. The van der Waals surface area contributed by atoms with Crippen LogP contribution in [0.1, 0.15) is 30.2 Å². The van der Waals surface area contributed by atoms with E-state index in [9.17, 15) is 18.0 Å². The Morgan fingerprint density at radius 2 is 1.64 bits per heavy atom. The summed E-state index contributed by atoms with van der Waals surface area (Å²) in [5.74, 6) is -0.337. The van der Waals surface area contributed by atoms with E-state index in [-0.39, 0.29) is 17.2 Å². The maximum absolute atomic E-state index is 13.8. The van der Waals surface area contributed by atoms with Gasteiger partial charge in [0.15, 0.2) is 0 Å². The minimum absolute atomic E-state index is 0.00232. The SMILES string of the molecule is CCN(C(=O)[C@H](CCc1ccccc1)NC(=O)NS(=O)(=O)c1ccccc1C)c1ccc2nc(C)ccc2c1. The van der Waals surface area contributed by atoms with Crippen LogP contribution in [0.3, 0.4) is 0 Å². The van der Waals surface area contributed by atoms with Crippen LogP contribution < -0.4 is 14.9 Å². The summed E-state index contributed by atoms with van der Waals surface area (Å²) in [6, 6.07) is 23.5. The first-order chi connectivity index (χ1) is 18.7. The summed E-state index contributed by atoms with van der Waals surface area (Å²) in [7, 11) is -4.13. The van der Waals surface area contributed by atoms with Crippen LogP contribution in [-0.4, -0.2) is 37.9 Å². The average molecular weight is 545 g/mol. The number of hydrogen-bond donors (Lipinski definition) is 2. The molecular formula is C30H32N4O4S. The van der Waals surface area contributed by atoms with Crippen molar-refractivity contribution in [1.82, 2.24) is 15.0 Å². The quantitative estimate of drug-likeness (QED) is 0.312. The normalized spacial score (nSPS) is 12.1. The summed E-state index contributed by atoms with van der Waals surface area (Å²) in [5.41, 5.74) is 3.89. The Labute approximate surface area is 229 Å². The number of amides is 3. The van der Waals surface area contributed by atoms with Gasteiger partial charge in [0.1, 0.15) is 6.04 Å². The summed E-state index contributed by atoms with van der Waals surface area (Å²) in [4.78, 5) is 32.9. The first-order valence-corrected chi connectivity index (χ1v) is 14.3. The largest absolute Gasteiger partial charge is 0.329 e. The fourth-order valence-corrected chi connectivity index (χ4v) is 5.63. The van der Waals surface area contributed by atoms with Crippen molar-refractivity contribution in [2.24, 2.45) is 0 Å². The Hall–Kier alpha value is -4.24. The molecule has 0 saturated carbocycles. The number of likely N-dealkylation sites (N-methyl/N-ethyl adjacent to an activating group) is 1. The van der Waals surface area contributed by atoms with Crippen molar-refractivity contribution in [2.45, 2.75) is 44.6 Å². The van der Waals surface area contributed by atoms with E-state index in [4.69, 9.17) is 0 Å². The van der Waals surface area contributed by atoms with Gasteiger partial charge in [0.2, 0.25) is 5.91 Å². The predicted molar refractivity (Wildman–Crippen MR) is 153 cm³/mol. The van der Waals surface area contributed by atoms with E-state index < -0.39 is 22.1 Å². The molecule has 0 radical (unpaired) electrons. The van der Waals surface area contributed by atoms with Crippen molar-refractivity contribution in [3.8, 4) is 0 Å². The summed E-state index contributed by atoms with van der Waals surface area (Å²) < 4.78 is 27.8. The lowest BCUT2D eigenvalue weighted by Gasteiger charge is -2.27. The van der Waals surface area contributed by atoms with E-state index >= 15 is 0 Å². The van der Waals surface area contributed by atoms with Crippen LogP contribution >= 0.6 is 0 Å². The second-order valence-electron chi connectivity index (χ2n) is 9.33. The molecule has 0 aliphatic carbocycles. The minimum atomic E-state index is -4.13. The molecule has 0 saturated heterocycles. The highest BCUT2D eigenvalue weighted by Crippen LogP contribution is 2.23. The summed E-state index contributed by atoms with van der Waals surface area (Å²) in [5, 5.41) is 3.52. The number of urea groups is 1. The van der Waals surface area contributed by atoms with Crippen molar-refractivity contribution in [3.63, 3.8) is 0 Å². The molecule has 9 heteroatoms. The number of nitrogens with zero attached hydrogens (tertiary/aromatic N) is 2. The van der Waals surface area contributed by atoms with Crippen LogP contribution in [-0.2, 0) is 21.2 Å². The molecule has 8 nitrogen and oxygen atoms in total. The highest BCUT2D eigenvalue weighted by molar-refractivity contribution is 7.90. The lowest BCUT2D eigenvalue weighted by Crippen LogP contribution is -2.52. The second kappa shape index (κ2) is 12.1. The van der Waals surface area contributed by atoms with Crippen molar-refractivity contribution in [2.75, 3.05) is 11.4 Å². The van der Waals surface area contributed by atoms with E-state index in [0.29, 0.717) is 24.2 Å². The third-order valence-corrected chi connectivity index (χ3v) is 7.98. The average Bonchev–Trinajstić information content (AvgIpc) is 2.91. The Morgan fingerprint density at radius 3 is 2.36 bits per heavy atom. The number of nitrogens with one attached hydrogen (secondary N) is 2. The molecule has 3 aromatic carbocycles. The summed E-state index contributed by atoms with van der Waals surface area (Å²) >= 11 is 0. The molecule has 4 aromatic rings. The zero-order valence-electron chi connectivity index (χ0n) is 22.2. The number of fused-ring (bicyclic) bond motifs is 1. The van der Waals surface area contributed by atoms with E-state index in [1.165, 1.54) is 6.07 Å². The third-order valence-electron chi connectivity index (χ3n) is 6.48. The molecule has 0 spiro atoms. The fraction of sp³-hybridized carbons (Fsp3) is 0.233. The first-order valence-electron chi connectivity index (χ1n) is 12.8. The van der Waals surface area contributed by atoms with Gasteiger partial charge in [-0.25, -0.2) is 17.9 Å². The lowest BCUT2D eigenvalue weighted by molar-refractivity contribution is -0.120. The fourth-order valence-electron chi connectivity index (χ4n) is 4.47. The molecule has 3 amide bonds. The van der Waals surface area contributed by atoms with Gasteiger partial charge in [-0.3, -0.25) is 9.78 Å². The standard InChI is InChI=1S/C30H32N4O4S/c1-4-34(25-17-19-26-24(20-25)16-14-22(3)31-26)29(35)27(18-15-23-11-6-5-7-12-23)32-30(36)33-39(37,38)28-13-9-8-10-21(28)2/h5-14,16-17,19-20,27H,4,15,18H2,1-3H3,(H2,32,33,36)/t27-/m0/s1. The number of hydrogen-bond acceptors (Lipinski definition) is 5. The van der Waals surface area contributed by atoms with Crippen molar-refractivity contribution in [1.29, 1.82) is 0 Å². The molecule has 1 aromatic heterocycles. The second-order valence-corrected chi connectivity index (χ2v) is 11.0. The van der Waals surface area contributed by atoms with Crippen molar-refractivity contribution >= 4 is 38.6 Å². The Morgan fingerprint density at radius 1 is 0.923 bits per heavy atom. The zero-order chi connectivity index (χ0) is 28.0. The number of carbonyl (C=O) groups is 2. The molecule has 1 atom stereocenters. The van der Waals surface area contributed by atoms with Gasteiger partial charge in [-0.05, 0) is 75.1 Å². The highest BCUT2D eigenvalue weighted by atomic mass is 32.2. The van der Waals surface area contributed by atoms with Crippen LogP contribution in [0, 0.1) is 13.8 Å². The maximum atomic E-state index is 13.8. The van der Waals surface area contributed by atoms with Gasteiger partial charge in [-0.1, -0.05) is 54.6 Å². The summed E-state index contributed by atoms with van der Waals surface area (Å²) in [6.07, 6.45) is 0.798. The molecule has 4 rings (SSSR count). The molecule has 2 N–H and O–H groups in total.